The molecule has 1 unspecified atom stereocenters. The number of aromatic nitrogens is 1. The molecule has 0 aromatic carbocycles. The van der Waals surface area contributed by atoms with Crippen LogP contribution in [0.3, 0.4) is 0 Å². The van der Waals surface area contributed by atoms with E-state index in [0.717, 1.165) is 24.5 Å². The third kappa shape index (κ3) is 2.53. The highest BCUT2D eigenvalue weighted by atomic mass is 15.2. The first-order valence-electron chi connectivity index (χ1n) is 5.26. The van der Waals surface area contributed by atoms with Gasteiger partial charge in [0, 0.05) is 17.9 Å². The molecule has 3 nitrogen and oxygen atoms in total. The van der Waals surface area contributed by atoms with Crippen molar-refractivity contribution in [2.45, 2.75) is 31.7 Å². The summed E-state index contributed by atoms with van der Waals surface area (Å²) in [6, 6.07) is 6.53. The van der Waals surface area contributed by atoms with Crippen LogP contribution < -0.4 is 11.3 Å². The van der Waals surface area contributed by atoms with E-state index in [1.807, 2.05) is 18.3 Å². The fourth-order valence-corrected chi connectivity index (χ4v) is 1.80. The minimum absolute atomic E-state index is 0.483. The summed E-state index contributed by atoms with van der Waals surface area (Å²) >= 11 is 0. The fourth-order valence-electron chi connectivity index (χ4n) is 1.80. The molecular formula is C11H17N3. The topological polar surface area (TPSA) is 50.9 Å². The zero-order valence-electron chi connectivity index (χ0n) is 8.32. The molecule has 3 N–H and O–H groups in total. The van der Waals surface area contributed by atoms with Gasteiger partial charge in [-0.3, -0.25) is 16.3 Å². The normalized spacial score (nSPS) is 18.1. The van der Waals surface area contributed by atoms with Crippen molar-refractivity contribution in [2.75, 3.05) is 0 Å². The maximum absolute atomic E-state index is 5.51. The number of rotatable bonds is 5. The zero-order chi connectivity index (χ0) is 9.80. The number of hydrazine groups is 1. The Morgan fingerprint density at radius 3 is 2.93 bits per heavy atom. The summed E-state index contributed by atoms with van der Waals surface area (Å²) in [4.78, 5) is 4.30. The summed E-state index contributed by atoms with van der Waals surface area (Å²) in [5, 5.41) is 0. The van der Waals surface area contributed by atoms with Gasteiger partial charge in [-0.1, -0.05) is 6.07 Å². The predicted molar refractivity (Wildman–Crippen MR) is 56.4 cm³/mol. The van der Waals surface area contributed by atoms with Crippen molar-refractivity contribution in [3.05, 3.63) is 30.1 Å². The SMILES string of the molecule is NNC(CCc1ccccn1)C1CC1. The number of nitrogens with two attached hydrogens (primary N) is 1. The van der Waals surface area contributed by atoms with Gasteiger partial charge >= 0.3 is 0 Å². The molecule has 0 aliphatic heterocycles. The highest BCUT2D eigenvalue weighted by Gasteiger charge is 2.29. The lowest BCUT2D eigenvalue weighted by Crippen LogP contribution is -2.37. The molecule has 0 spiro atoms. The summed E-state index contributed by atoms with van der Waals surface area (Å²) in [5.74, 6) is 6.32. The minimum atomic E-state index is 0.483. The third-order valence-corrected chi connectivity index (χ3v) is 2.84. The van der Waals surface area contributed by atoms with Gasteiger partial charge in [-0.15, -0.1) is 0 Å². The van der Waals surface area contributed by atoms with Crippen LogP contribution in [0.2, 0.25) is 0 Å². The summed E-state index contributed by atoms with van der Waals surface area (Å²) in [6.45, 7) is 0. The zero-order valence-corrected chi connectivity index (χ0v) is 8.32. The van der Waals surface area contributed by atoms with Crippen molar-refractivity contribution < 1.29 is 0 Å². The molecule has 1 aliphatic carbocycles. The molecule has 1 saturated carbocycles. The van der Waals surface area contributed by atoms with Gasteiger partial charge in [-0.05, 0) is 43.7 Å². The molecule has 14 heavy (non-hydrogen) atoms. The molecule has 2 rings (SSSR count). The van der Waals surface area contributed by atoms with Crippen molar-refractivity contribution in [2.24, 2.45) is 11.8 Å². The van der Waals surface area contributed by atoms with E-state index in [1.54, 1.807) is 0 Å². The number of nitrogens with zero attached hydrogens (tertiary/aromatic N) is 1. The van der Waals surface area contributed by atoms with Crippen LogP contribution in [0, 0.1) is 5.92 Å². The minimum Gasteiger partial charge on any atom is -0.271 e. The highest BCUT2D eigenvalue weighted by molar-refractivity contribution is 5.04. The van der Waals surface area contributed by atoms with Gasteiger partial charge in [0.1, 0.15) is 0 Å². The van der Waals surface area contributed by atoms with Crippen LogP contribution in [0.1, 0.15) is 25.0 Å². The van der Waals surface area contributed by atoms with Crippen molar-refractivity contribution in [1.82, 2.24) is 10.4 Å². The number of nitrogens with one attached hydrogen (secondary N) is 1. The van der Waals surface area contributed by atoms with Gasteiger partial charge in [-0.25, -0.2) is 0 Å². The maximum atomic E-state index is 5.51. The largest absolute Gasteiger partial charge is 0.271 e. The lowest BCUT2D eigenvalue weighted by molar-refractivity contribution is 0.444. The standard InChI is InChI=1S/C11H17N3/c12-14-11(9-4-5-9)7-6-10-3-1-2-8-13-10/h1-3,8-9,11,14H,4-7,12H2. The Balaban J connectivity index is 1.81. The molecule has 0 bridgehead atoms. The Bertz CT molecular complexity index is 269. The van der Waals surface area contributed by atoms with E-state index in [1.165, 1.54) is 12.8 Å². The predicted octanol–water partition coefficient (Wildman–Crippen LogP) is 1.26. The number of aryl methyl sites for hydroxylation is 1. The van der Waals surface area contributed by atoms with E-state index < -0.39 is 0 Å². The van der Waals surface area contributed by atoms with Gasteiger partial charge in [0.25, 0.3) is 0 Å². The van der Waals surface area contributed by atoms with Crippen LogP contribution in [-0.4, -0.2) is 11.0 Å². The van der Waals surface area contributed by atoms with E-state index in [9.17, 15) is 0 Å². The highest BCUT2D eigenvalue weighted by Crippen LogP contribution is 2.33. The number of pyridine rings is 1. The Morgan fingerprint density at radius 2 is 2.36 bits per heavy atom. The summed E-state index contributed by atoms with van der Waals surface area (Å²) < 4.78 is 0. The summed E-state index contributed by atoms with van der Waals surface area (Å²) in [7, 11) is 0. The first kappa shape index (κ1) is 9.62. The maximum Gasteiger partial charge on any atom is 0.0404 e. The molecule has 1 heterocycles. The molecule has 1 atom stereocenters. The average Bonchev–Trinajstić information content (AvgIpc) is 3.05. The first-order valence-corrected chi connectivity index (χ1v) is 5.26. The van der Waals surface area contributed by atoms with Crippen molar-refractivity contribution in [3.63, 3.8) is 0 Å². The molecular weight excluding hydrogens is 174 g/mol. The molecule has 3 heteroatoms. The van der Waals surface area contributed by atoms with Crippen LogP contribution in [0.15, 0.2) is 24.4 Å². The second kappa shape index (κ2) is 4.53. The van der Waals surface area contributed by atoms with Gasteiger partial charge < -0.3 is 0 Å². The van der Waals surface area contributed by atoms with E-state index >= 15 is 0 Å². The van der Waals surface area contributed by atoms with E-state index in [4.69, 9.17) is 5.84 Å². The molecule has 0 radical (unpaired) electrons. The smallest absolute Gasteiger partial charge is 0.0404 e. The Kier molecular flexibility index (Phi) is 3.11. The van der Waals surface area contributed by atoms with Gasteiger partial charge in [0.15, 0.2) is 0 Å². The van der Waals surface area contributed by atoms with Crippen molar-refractivity contribution in [1.29, 1.82) is 0 Å². The Labute approximate surface area is 84.7 Å². The molecule has 1 fully saturated rings. The van der Waals surface area contributed by atoms with Gasteiger partial charge in [0.05, 0.1) is 0 Å². The number of hydrogen-bond donors (Lipinski definition) is 2. The van der Waals surface area contributed by atoms with E-state index in [-0.39, 0.29) is 0 Å². The van der Waals surface area contributed by atoms with Gasteiger partial charge in [0.2, 0.25) is 0 Å². The molecule has 0 amide bonds. The second-order valence-electron chi connectivity index (χ2n) is 3.97. The van der Waals surface area contributed by atoms with E-state index in [0.29, 0.717) is 6.04 Å². The molecule has 76 valence electrons. The van der Waals surface area contributed by atoms with E-state index in [2.05, 4.69) is 16.5 Å². The van der Waals surface area contributed by atoms with Crippen LogP contribution in [0.5, 0.6) is 0 Å². The Morgan fingerprint density at radius 1 is 1.50 bits per heavy atom. The average molecular weight is 191 g/mol. The van der Waals surface area contributed by atoms with Crippen LogP contribution >= 0.6 is 0 Å². The van der Waals surface area contributed by atoms with Crippen LogP contribution in [-0.2, 0) is 6.42 Å². The quantitative estimate of drug-likeness (QED) is 0.544. The van der Waals surface area contributed by atoms with Gasteiger partial charge in [-0.2, -0.15) is 0 Å². The summed E-state index contributed by atoms with van der Waals surface area (Å²) in [6.07, 6.45) is 6.62. The lowest BCUT2D eigenvalue weighted by Gasteiger charge is -2.13. The van der Waals surface area contributed by atoms with Crippen molar-refractivity contribution in [3.8, 4) is 0 Å². The molecule has 1 aliphatic rings. The lowest BCUT2D eigenvalue weighted by atomic mass is 10.1. The first-order chi connectivity index (χ1) is 6.90. The Hall–Kier alpha value is -0.930. The molecule has 1 aromatic heterocycles. The summed E-state index contributed by atoms with van der Waals surface area (Å²) in [5.41, 5.74) is 4.07. The molecule has 0 saturated heterocycles. The van der Waals surface area contributed by atoms with Crippen LogP contribution in [0.25, 0.3) is 0 Å². The monoisotopic (exact) mass is 191 g/mol. The fraction of sp³-hybridized carbons (Fsp3) is 0.545. The molecule has 1 aromatic rings. The third-order valence-electron chi connectivity index (χ3n) is 2.84. The number of hydrogen-bond acceptors (Lipinski definition) is 3. The second-order valence-corrected chi connectivity index (χ2v) is 3.97. The van der Waals surface area contributed by atoms with Crippen LogP contribution in [0.4, 0.5) is 0 Å². The van der Waals surface area contributed by atoms with Crippen molar-refractivity contribution >= 4 is 0 Å².